The van der Waals surface area contributed by atoms with Crippen LogP contribution in [0.5, 0.6) is 0 Å². The minimum atomic E-state index is -0.428. The summed E-state index contributed by atoms with van der Waals surface area (Å²) in [4.78, 5) is 12.3. The molecule has 2 heteroatoms. The van der Waals surface area contributed by atoms with Crippen molar-refractivity contribution in [3.05, 3.63) is 71.8 Å². The van der Waals surface area contributed by atoms with Crippen LogP contribution in [0.15, 0.2) is 60.7 Å². The summed E-state index contributed by atoms with van der Waals surface area (Å²) in [6, 6.07) is 20.4. The SMILES string of the molecule is O=C1OCC2C(c3ccccc3)C12c1ccccc1. The van der Waals surface area contributed by atoms with E-state index in [0.717, 1.165) is 5.56 Å². The second-order valence-corrected chi connectivity index (χ2v) is 5.33. The Morgan fingerprint density at radius 1 is 0.947 bits per heavy atom. The normalized spacial score (nSPS) is 31.7. The molecule has 0 aromatic heterocycles. The van der Waals surface area contributed by atoms with Crippen molar-refractivity contribution in [3.63, 3.8) is 0 Å². The molecule has 1 saturated carbocycles. The minimum Gasteiger partial charge on any atom is -0.465 e. The van der Waals surface area contributed by atoms with Gasteiger partial charge < -0.3 is 4.74 Å². The second kappa shape index (κ2) is 3.70. The zero-order valence-corrected chi connectivity index (χ0v) is 10.5. The molecule has 1 aliphatic heterocycles. The Balaban J connectivity index is 1.83. The molecule has 0 amide bonds. The maximum absolute atomic E-state index is 12.3. The first kappa shape index (κ1) is 10.8. The van der Waals surface area contributed by atoms with Crippen LogP contribution in [0, 0.1) is 5.92 Å². The third kappa shape index (κ3) is 1.29. The summed E-state index contributed by atoms with van der Waals surface area (Å²) in [6.45, 7) is 0.549. The van der Waals surface area contributed by atoms with Crippen LogP contribution in [-0.2, 0) is 14.9 Å². The lowest BCUT2D eigenvalue weighted by Gasteiger charge is -2.14. The van der Waals surface area contributed by atoms with Crippen molar-refractivity contribution in [1.29, 1.82) is 0 Å². The summed E-state index contributed by atoms with van der Waals surface area (Å²) in [6.07, 6.45) is 0. The standard InChI is InChI=1S/C17H14O2/c18-16-17(13-9-5-2-6-10-13)14(11-19-16)15(17)12-7-3-1-4-8-12/h1-10,14-15H,11H2. The van der Waals surface area contributed by atoms with Crippen molar-refractivity contribution in [2.24, 2.45) is 5.92 Å². The third-order valence-corrected chi connectivity index (χ3v) is 4.51. The number of ether oxygens (including phenoxy) is 1. The maximum atomic E-state index is 12.3. The fourth-order valence-corrected chi connectivity index (χ4v) is 3.63. The number of benzene rings is 2. The van der Waals surface area contributed by atoms with Gasteiger partial charge in [0.25, 0.3) is 0 Å². The van der Waals surface area contributed by atoms with Gasteiger partial charge in [0.2, 0.25) is 0 Å². The van der Waals surface area contributed by atoms with Crippen molar-refractivity contribution in [2.75, 3.05) is 6.61 Å². The molecule has 94 valence electrons. The van der Waals surface area contributed by atoms with Crippen LogP contribution in [-0.4, -0.2) is 12.6 Å². The van der Waals surface area contributed by atoms with Gasteiger partial charge in [-0.25, -0.2) is 0 Å². The summed E-state index contributed by atoms with van der Waals surface area (Å²) >= 11 is 0. The van der Waals surface area contributed by atoms with E-state index in [-0.39, 0.29) is 11.9 Å². The molecule has 2 aromatic carbocycles. The Kier molecular flexibility index (Phi) is 2.10. The molecule has 2 aromatic rings. The van der Waals surface area contributed by atoms with Gasteiger partial charge in [-0.2, -0.15) is 0 Å². The Labute approximate surface area is 112 Å². The first-order chi connectivity index (χ1) is 9.35. The molecule has 2 nitrogen and oxygen atoms in total. The second-order valence-electron chi connectivity index (χ2n) is 5.33. The van der Waals surface area contributed by atoms with Gasteiger partial charge >= 0.3 is 5.97 Å². The van der Waals surface area contributed by atoms with Crippen molar-refractivity contribution in [3.8, 4) is 0 Å². The maximum Gasteiger partial charge on any atom is 0.317 e. The van der Waals surface area contributed by atoms with E-state index >= 15 is 0 Å². The van der Waals surface area contributed by atoms with E-state index in [1.165, 1.54) is 5.56 Å². The number of cyclic esters (lactones) is 1. The summed E-state index contributed by atoms with van der Waals surface area (Å²) in [5.74, 6) is 0.514. The zero-order valence-electron chi connectivity index (χ0n) is 10.5. The van der Waals surface area contributed by atoms with Crippen LogP contribution in [0.1, 0.15) is 17.0 Å². The lowest BCUT2D eigenvalue weighted by Crippen LogP contribution is -2.21. The Bertz CT molecular complexity index is 620. The van der Waals surface area contributed by atoms with E-state index in [9.17, 15) is 4.79 Å². The molecule has 3 unspecified atom stereocenters. The van der Waals surface area contributed by atoms with Crippen molar-refractivity contribution in [2.45, 2.75) is 11.3 Å². The number of rotatable bonds is 2. The summed E-state index contributed by atoms with van der Waals surface area (Å²) < 4.78 is 5.29. The smallest absolute Gasteiger partial charge is 0.317 e. The Morgan fingerprint density at radius 2 is 1.58 bits per heavy atom. The molecule has 2 aliphatic rings. The number of carbonyl (C=O) groups is 1. The number of hydrogen-bond acceptors (Lipinski definition) is 2. The lowest BCUT2D eigenvalue weighted by molar-refractivity contribution is -0.142. The largest absolute Gasteiger partial charge is 0.465 e. The molecule has 4 rings (SSSR count). The van der Waals surface area contributed by atoms with Crippen LogP contribution in [0.4, 0.5) is 0 Å². The van der Waals surface area contributed by atoms with E-state index < -0.39 is 5.41 Å². The first-order valence-electron chi connectivity index (χ1n) is 6.63. The van der Waals surface area contributed by atoms with E-state index in [0.29, 0.717) is 12.5 Å². The van der Waals surface area contributed by atoms with Gasteiger partial charge in [0, 0.05) is 11.8 Å². The van der Waals surface area contributed by atoms with Crippen LogP contribution in [0.2, 0.25) is 0 Å². The first-order valence-corrected chi connectivity index (χ1v) is 6.63. The highest BCUT2D eigenvalue weighted by molar-refractivity contribution is 5.92. The van der Waals surface area contributed by atoms with E-state index in [1.807, 2.05) is 48.5 Å². The molecule has 1 aliphatic carbocycles. The Hall–Kier alpha value is -2.09. The van der Waals surface area contributed by atoms with Gasteiger partial charge in [0.15, 0.2) is 0 Å². The highest BCUT2D eigenvalue weighted by Crippen LogP contribution is 2.69. The molecule has 3 atom stereocenters. The minimum absolute atomic E-state index is 0.0578. The van der Waals surface area contributed by atoms with Crippen LogP contribution in [0.25, 0.3) is 0 Å². The predicted molar refractivity (Wildman–Crippen MR) is 71.8 cm³/mol. The van der Waals surface area contributed by atoms with E-state index in [1.54, 1.807) is 0 Å². The van der Waals surface area contributed by atoms with Gasteiger partial charge in [-0.15, -0.1) is 0 Å². The number of carbonyl (C=O) groups excluding carboxylic acids is 1. The van der Waals surface area contributed by atoms with Crippen LogP contribution >= 0.6 is 0 Å². The van der Waals surface area contributed by atoms with Crippen molar-refractivity contribution < 1.29 is 9.53 Å². The van der Waals surface area contributed by atoms with Crippen LogP contribution in [0.3, 0.4) is 0 Å². The molecule has 0 bridgehead atoms. The zero-order chi connectivity index (χ0) is 12.9. The molecule has 1 saturated heterocycles. The molecule has 2 fully saturated rings. The predicted octanol–water partition coefficient (Wildman–Crippen LogP) is 2.89. The van der Waals surface area contributed by atoms with Crippen molar-refractivity contribution >= 4 is 5.97 Å². The van der Waals surface area contributed by atoms with Crippen molar-refractivity contribution in [1.82, 2.24) is 0 Å². The molecule has 0 spiro atoms. The average molecular weight is 250 g/mol. The average Bonchev–Trinajstić information content (AvgIpc) is 3.05. The number of fused-ring (bicyclic) bond motifs is 1. The van der Waals surface area contributed by atoms with Gasteiger partial charge in [-0.05, 0) is 11.1 Å². The lowest BCUT2D eigenvalue weighted by atomic mass is 9.90. The molecule has 19 heavy (non-hydrogen) atoms. The van der Waals surface area contributed by atoms with Gasteiger partial charge in [-0.1, -0.05) is 60.7 Å². The van der Waals surface area contributed by atoms with E-state index in [2.05, 4.69) is 12.1 Å². The highest BCUT2D eigenvalue weighted by atomic mass is 16.5. The topological polar surface area (TPSA) is 26.3 Å². The fraction of sp³-hybridized carbons (Fsp3) is 0.235. The Morgan fingerprint density at radius 3 is 2.26 bits per heavy atom. The molecular weight excluding hydrogens is 236 g/mol. The molecule has 1 heterocycles. The third-order valence-electron chi connectivity index (χ3n) is 4.51. The fourth-order valence-electron chi connectivity index (χ4n) is 3.63. The van der Waals surface area contributed by atoms with Crippen LogP contribution < -0.4 is 0 Å². The number of hydrogen-bond donors (Lipinski definition) is 0. The highest BCUT2D eigenvalue weighted by Gasteiger charge is 2.75. The van der Waals surface area contributed by atoms with Gasteiger partial charge in [0.1, 0.15) is 5.41 Å². The number of esters is 1. The molecule has 0 N–H and O–H groups in total. The summed E-state index contributed by atoms with van der Waals surface area (Å²) in [5.41, 5.74) is 1.91. The van der Waals surface area contributed by atoms with Gasteiger partial charge in [-0.3, -0.25) is 4.79 Å². The summed E-state index contributed by atoms with van der Waals surface area (Å²) in [7, 11) is 0. The van der Waals surface area contributed by atoms with E-state index in [4.69, 9.17) is 4.74 Å². The molecular formula is C17H14O2. The monoisotopic (exact) mass is 250 g/mol. The quantitative estimate of drug-likeness (QED) is 0.766. The summed E-state index contributed by atoms with van der Waals surface area (Å²) in [5, 5.41) is 0. The molecule has 0 radical (unpaired) electrons. The van der Waals surface area contributed by atoms with Gasteiger partial charge in [0.05, 0.1) is 6.61 Å².